The first-order chi connectivity index (χ1) is 9.31. The minimum Gasteiger partial charge on any atom is -0.480 e. The molecule has 1 aromatic rings. The van der Waals surface area contributed by atoms with Crippen LogP contribution in [0.3, 0.4) is 0 Å². The first-order valence-electron chi connectivity index (χ1n) is 5.93. The number of carboxylic acids is 1. The number of anilines is 1. The summed E-state index contributed by atoms with van der Waals surface area (Å²) in [5.41, 5.74) is 6.53. The smallest absolute Gasteiger partial charge is 0.326 e. The lowest BCUT2D eigenvalue weighted by molar-refractivity contribution is -0.140. The average Bonchev–Trinajstić information content (AvgIpc) is 2.36. The summed E-state index contributed by atoms with van der Waals surface area (Å²) in [7, 11) is 1.51. The molecular weight excluding hydrogens is 262 g/mol. The number of rotatable bonds is 5. The molecule has 1 aromatic carbocycles. The molecule has 0 aliphatic rings. The fourth-order valence-corrected chi connectivity index (χ4v) is 1.60. The van der Waals surface area contributed by atoms with Gasteiger partial charge in [0.05, 0.1) is 6.42 Å². The van der Waals surface area contributed by atoms with Crippen molar-refractivity contribution in [3.05, 3.63) is 29.8 Å². The zero-order chi connectivity index (χ0) is 15.3. The fourth-order valence-electron chi connectivity index (χ4n) is 1.60. The fraction of sp³-hybridized carbons (Fsp3) is 0.308. The SMILES string of the molecule is Cc1cccc(N(C)C(=O)NC(CC(N)=O)C(=O)O)c1. The maximum absolute atomic E-state index is 12.0. The molecule has 0 radical (unpaired) electrons. The molecule has 0 saturated heterocycles. The Bertz CT molecular complexity index is 530. The monoisotopic (exact) mass is 279 g/mol. The van der Waals surface area contributed by atoms with Crippen molar-refractivity contribution >= 4 is 23.6 Å². The molecule has 0 saturated carbocycles. The van der Waals surface area contributed by atoms with Crippen LogP contribution in [-0.4, -0.2) is 36.1 Å². The third-order valence-electron chi connectivity index (χ3n) is 2.69. The molecule has 108 valence electrons. The van der Waals surface area contributed by atoms with Crippen LogP contribution in [0.2, 0.25) is 0 Å². The van der Waals surface area contributed by atoms with Crippen LogP contribution in [0.4, 0.5) is 10.5 Å². The van der Waals surface area contributed by atoms with E-state index in [1.165, 1.54) is 11.9 Å². The number of hydrogen-bond acceptors (Lipinski definition) is 3. The zero-order valence-corrected chi connectivity index (χ0v) is 11.3. The molecule has 0 aromatic heterocycles. The van der Waals surface area contributed by atoms with Crippen molar-refractivity contribution in [1.29, 1.82) is 0 Å². The second-order valence-corrected chi connectivity index (χ2v) is 4.41. The number of benzene rings is 1. The molecule has 0 aliphatic heterocycles. The van der Waals surface area contributed by atoms with Gasteiger partial charge >= 0.3 is 12.0 Å². The van der Waals surface area contributed by atoms with E-state index in [0.717, 1.165) is 5.56 Å². The van der Waals surface area contributed by atoms with Crippen molar-refractivity contribution in [2.24, 2.45) is 5.73 Å². The molecule has 1 atom stereocenters. The summed E-state index contributed by atoms with van der Waals surface area (Å²) in [6, 6.07) is 5.20. The van der Waals surface area contributed by atoms with E-state index in [0.29, 0.717) is 5.69 Å². The van der Waals surface area contributed by atoms with Gasteiger partial charge in [0.15, 0.2) is 0 Å². The molecule has 3 amide bonds. The van der Waals surface area contributed by atoms with E-state index in [1.54, 1.807) is 18.2 Å². The predicted octanol–water partition coefficient (Wildman–Crippen LogP) is 0.469. The van der Waals surface area contributed by atoms with Gasteiger partial charge in [0.1, 0.15) is 6.04 Å². The Morgan fingerprint density at radius 3 is 2.55 bits per heavy atom. The van der Waals surface area contributed by atoms with Crippen LogP contribution in [-0.2, 0) is 9.59 Å². The topological polar surface area (TPSA) is 113 Å². The molecule has 0 fully saturated rings. The molecule has 0 bridgehead atoms. The Morgan fingerprint density at radius 2 is 2.05 bits per heavy atom. The van der Waals surface area contributed by atoms with Crippen molar-refractivity contribution in [3.8, 4) is 0 Å². The van der Waals surface area contributed by atoms with Crippen molar-refractivity contribution in [2.75, 3.05) is 11.9 Å². The van der Waals surface area contributed by atoms with Gasteiger partial charge in [0.2, 0.25) is 5.91 Å². The lowest BCUT2D eigenvalue weighted by Gasteiger charge is -2.21. The minimum atomic E-state index is -1.34. The summed E-state index contributed by atoms with van der Waals surface area (Å²) in [6.45, 7) is 1.88. The van der Waals surface area contributed by atoms with Crippen molar-refractivity contribution < 1.29 is 19.5 Å². The Balaban J connectivity index is 2.78. The zero-order valence-electron chi connectivity index (χ0n) is 11.3. The Labute approximate surface area is 116 Å². The highest BCUT2D eigenvalue weighted by atomic mass is 16.4. The standard InChI is InChI=1S/C13H17N3O4/c1-8-4-3-5-9(6-8)16(2)13(20)15-10(12(18)19)7-11(14)17/h3-6,10H,7H2,1-2H3,(H2,14,17)(H,15,20)(H,18,19). The van der Waals surface area contributed by atoms with Crippen LogP contribution in [0.5, 0.6) is 0 Å². The van der Waals surface area contributed by atoms with Gasteiger partial charge in [-0.05, 0) is 24.6 Å². The maximum Gasteiger partial charge on any atom is 0.326 e. The number of urea groups is 1. The highest BCUT2D eigenvalue weighted by molar-refractivity contribution is 5.95. The number of nitrogens with zero attached hydrogens (tertiary/aromatic N) is 1. The van der Waals surface area contributed by atoms with E-state index in [4.69, 9.17) is 10.8 Å². The number of hydrogen-bond donors (Lipinski definition) is 3. The molecule has 0 heterocycles. The first kappa shape index (κ1) is 15.5. The third-order valence-corrected chi connectivity index (χ3v) is 2.69. The van der Waals surface area contributed by atoms with Crippen LogP contribution in [0.15, 0.2) is 24.3 Å². The summed E-state index contributed by atoms with van der Waals surface area (Å²) in [6.07, 6.45) is -0.456. The summed E-state index contributed by atoms with van der Waals surface area (Å²) in [5, 5.41) is 11.2. The van der Waals surface area contributed by atoms with Crippen molar-refractivity contribution in [2.45, 2.75) is 19.4 Å². The van der Waals surface area contributed by atoms with Gasteiger partial charge in [0.25, 0.3) is 0 Å². The Kier molecular flexibility index (Phi) is 5.08. The molecular formula is C13H17N3O4. The number of carbonyl (C=O) groups excluding carboxylic acids is 2. The second-order valence-electron chi connectivity index (χ2n) is 4.41. The van der Waals surface area contributed by atoms with Crippen LogP contribution in [0.1, 0.15) is 12.0 Å². The molecule has 0 spiro atoms. The maximum atomic E-state index is 12.0. The number of carbonyl (C=O) groups is 3. The number of amides is 3. The van der Waals surface area contributed by atoms with Gasteiger partial charge in [0, 0.05) is 12.7 Å². The molecule has 4 N–H and O–H groups in total. The lowest BCUT2D eigenvalue weighted by atomic mass is 10.2. The van der Waals surface area contributed by atoms with Crippen LogP contribution in [0, 0.1) is 6.92 Å². The number of primary amides is 1. The Morgan fingerprint density at radius 1 is 1.40 bits per heavy atom. The minimum absolute atomic E-state index is 0.456. The lowest BCUT2D eigenvalue weighted by Crippen LogP contribution is -2.48. The van der Waals surface area contributed by atoms with Gasteiger partial charge in [-0.1, -0.05) is 12.1 Å². The average molecular weight is 279 g/mol. The highest BCUT2D eigenvalue weighted by Crippen LogP contribution is 2.14. The van der Waals surface area contributed by atoms with E-state index in [2.05, 4.69) is 5.32 Å². The van der Waals surface area contributed by atoms with E-state index >= 15 is 0 Å². The number of carboxylic acid groups (broad SMARTS) is 1. The summed E-state index contributed by atoms with van der Waals surface area (Å²) in [4.78, 5) is 34.9. The first-order valence-corrected chi connectivity index (χ1v) is 5.93. The normalized spacial score (nSPS) is 11.5. The van der Waals surface area contributed by atoms with Crippen LogP contribution < -0.4 is 16.0 Å². The van der Waals surface area contributed by atoms with Gasteiger partial charge < -0.3 is 16.2 Å². The third kappa shape index (κ3) is 4.27. The van der Waals surface area contributed by atoms with Gasteiger partial charge in [-0.2, -0.15) is 0 Å². The van der Waals surface area contributed by atoms with E-state index in [9.17, 15) is 14.4 Å². The van der Waals surface area contributed by atoms with E-state index < -0.39 is 30.4 Å². The van der Waals surface area contributed by atoms with Gasteiger partial charge in [-0.15, -0.1) is 0 Å². The largest absolute Gasteiger partial charge is 0.480 e. The predicted molar refractivity (Wildman–Crippen MR) is 73.3 cm³/mol. The quantitative estimate of drug-likeness (QED) is 0.727. The summed E-state index contributed by atoms with van der Waals surface area (Å²) in [5.74, 6) is -2.11. The van der Waals surface area contributed by atoms with Crippen LogP contribution in [0.25, 0.3) is 0 Å². The molecule has 1 rings (SSSR count). The van der Waals surface area contributed by atoms with E-state index in [-0.39, 0.29) is 0 Å². The van der Waals surface area contributed by atoms with E-state index in [1.807, 2.05) is 13.0 Å². The number of aliphatic carboxylic acids is 1. The highest BCUT2D eigenvalue weighted by Gasteiger charge is 2.24. The molecule has 1 unspecified atom stereocenters. The number of nitrogens with two attached hydrogens (primary N) is 1. The molecule has 20 heavy (non-hydrogen) atoms. The number of nitrogens with one attached hydrogen (secondary N) is 1. The second kappa shape index (κ2) is 6.55. The van der Waals surface area contributed by atoms with Crippen molar-refractivity contribution in [1.82, 2.24) is 5.32 Å². The summed E-state index contributed by atoms with van der Waals surface area (Å²) >= 11 is 0. The molecule has 7 heteroatoms. The molecule has 7 nitrogen and oxygen atoms in total. The Hall–Kier alpha value is -2.57. The van der Waals surface area contributed by atoms with Gasteiger partial charge in [-0.25, -0.2) is 9.59 Å². The number of aryl methyl sites for hydroxylation is 1. The molecule has 0 aliphatic carbocycles. The van der Waals surface area contributed by atoms with Gasteiger partial charge in [-0.3, -0.25) is 9.69 Å². The van der Waals surface area contributed by atoms with Crippen molar-refractivity contribution in [3.63, 3.8) is 0 Å². The van der Waals surface area contributed by atoms with Crippen LogP contribution >= 0.6 is 0 Å². The summed E-state index contributed by atoms with van der Waals surface area (Å²) < 4.78 is 0.